The molecule has 10 nitrogen and oxygen atoms in total. The fraction of sp³-hybridized carbons (Fsp3) is 0.318. The molecular formula is C22H24N6O4S. The third-order valence-electron chi connectivity index (χ3n) is 5.58. The van der Waals surface area contributed by atoms with Gasteiger partial charge in [-0.1, -0.05) is 12.1 Å². The van der Waals surface area contributed by atoms with Crippen LogP contribution < -0.4 is 19.7 Å². The summed E-state index contributed by atoms with van der Waals surface area (Å²) in [6.45, 7) is 3.49. The number of fused-ring (bicyclic) bond motifs is 1. The molecule has 2 aromatic carbocycles. The summed E-state index contributed by atoms with van der Waals surface area (Å²) in [5.41, 5.74) is 1.80. The number of thiocarbonyl (C=S) groups is 1. The molecule has 4 rings (SSSR count). The highest BCUT2D eigenvalue weighted by atomic mass is 32.1. The largest absolute Gasteiger partial charge is 0.493 e. The lowest BCUT2D eigenvalue weighted by atomic mass is 10.2. The summed E-state index contributed by atoms with van der Waals surface area (Å²) in [7, 11) is 3.21. The first-order valence-corrected chi connectivity index (χ1v) is 10.8. The summed E-state index contributed by atoms with van der Waals surface area (Å²) in [6.07, 6.45) is 1.56. The number of nitro groups is 1. The van der Waals surface area contributed by atoms with Crippen molar-refractivity contribution in [2.24, 2.45) is 0 Å². The second-order valence-corrected chi connectivity index (χ2v) is 7.86. The number of hydrogen-bond acceptors (Lipinski definition) is 8. The molecule has 0 bridgehead atoms. The van der Waals surface area contributed by atoms with E-state index < -0.39 is 4.92 Å². The summed E-state index contributed by atoms with van der Waals surface area (Å²) >= 11 is 5.57. The number of piperazine rings is 1. The molecule has 0 amide bonds. The third kappa shape index (κ3) is 4.87. The van der Waals surface area contributed by atoms with Crippen LogP contribution in [0.1, 0.15) is 5.56 Å². The molecule has 33 heavy (non-hydrogen) atoms. The first-order valence-electron chi connectivity index (χ1n) is 10.4. The van der Waals surface area contributed by atoms with Gasteiger partial charge in [-0.25, -0.2) is 9.97 Å². The van der Waals surface area contributed by atoms with Crippen LogP contribution in [0.5, 0.6) is 11.5 Å². The highest BCUT2D eigenvalue weighted by Crippen LogP contribution is 2.34. The van der Waals surface area contributed by atoms with E-state index >= 15 is 0 Å². The average molecular weight is 469 g/mol. The van der Waals surface area contributed by atoms with Crippen LogP contribution in [0, 0.1) is 10.1 Å². The Morgan fingerprint density at radius 3 is 2.39 bits per heavy atom. The SMILES string of the molecule is COc1cc2ncnc(N3CCN(C(=S)NCc4ccc([N+](=O)[O-])cc4)CC3)c2cc1OC. The average Bonchev–Trinajstić information content (AvgIpc) is 2.86. The van der Waals surface area contributed by atoms with Gasteiger partial charge in [0.05, 0.1) is 24.7 Å². The Hall–Kier alpha value is -3.73. The third-order valence-corrected chi connectivity index (χ3v) is 5.98. The number of methoxy groups -OCH3 is 2. The van der Waals surface area contributed by atoms with E-state index in [9.17, 15) is 10.1 Å². The highest BCUT2D eigenvalue weighted by molar-refractivity contribution is 7.80. The first kappa shape index (κ1) is 22.5. The highest BCUT2D eigenvalue weighted by Gasteiger charge is 2.22. The van der Waals surface area contributed by atoms with E-state index in [4.69, 9.17) is 21.7 Å². The zero-order chi connectivity index (χ0) is 23.4. The molecule has 1 aliphatic heterocycles. The van der Waals surface area contributed by atoms with E-state index in [0.29, 0.717) is 23.2 Å². The van der Waals surface area contributed by atoms with Crippen molar-refractivity contribution in [2.75, 3.05) is 45.3 Å². The van der Waals surface area contributed by atoms with Gasteiger partial charge < -0.3 is 24.6 Å². The summed E-state index contributed by atoms with van der Waals surface area (Å²) in [6, 6.07) is 10.2. The van der Waals surface area contributed by atoms with Gasteiger partial charge in [0.15, 0.2) is 16.6 Å². The number of nitro benzene ring substituents is 1. The second-order valence-electron chi connectivity index (χ2n) is 7.48. The van der Waals surface area contributed by atoms with Crippen molar-refractivity contribution in [3.8, 4) is 11.5 Å². The maximum absolute atomic E-state index is 10.8. The molecule has 0 atom stereocenters. The van der Waals surface area contributed by atoms with Crippen molar-refractivity contribution < 1.29 is 14.4 Å². The lowest BCUT2D eigenvalue weighted by molar-refractivity contribution is -0.384. The van der Waals surface area contributed by atoms with Crippen molar-refractivity contribution in [3.05, 3.63) is 58.4 Å². The number of nitrogens with zero attached hydrogens (tertiary/aromatic N) is 5. The number of aromatic nitrogens is 2. The monoisotopic (exact) mass is 468 g/mol. The molecule has 1 fully saturated rings. The Morgan fingerprint density at radius 2 is 1.76 bits per heavy atom. The lowest BCUT2D eigenvalue weighted by Gasteiger charge is -2.37. The smallest absolute Gasteiger partial charge is 0.269 e. The van der Waals surface area contributed by atoms with Crippen molar-refractivity contribution in [1.29, 1.82) is 0 Å². The molecule has 0 radical (unpaired) electrons. The molecule has 0 spiro atoms. The van der Waals surface area contributed by atoms with Crippen molar-refractivity contribution >= 4 is 39.7 Å². The number of non-ortho nitro benzene ring substituents is 1. The minimum atomic E-state index is -0.408. The van der Waals surface area contributed by atoms with Gasteiger partial charge in [0, 0.05) is 56.3 Å². The molecule has 11 heteroatoms. The van der Waals surface area contributed by atoms with Crippen LogP contribution in [-0.4, -0.2) is 65.3 Å². The molecule has 1 aromatic heterocycles. The van der Waals surface area contributed by atoms with Crippen LogP contribution in [0.15, 0.2) is 42.7 Å². The number of hydrogen-bond donors (Lipinski definition) is 1. The summed E-state index contributed by atoms with van der Waals surface area (Å²) in [5.74, 6) is 2.12. The van der Waals surface area contributed by atoms with Crippen LogP contribution in [0.3, 0.4) is 0 Å². The standard InChI is InChI=1S/C22H24N6O4S/c1-31-19-11-17-18(12-20(19)32-2)24-14-25-21(17)26-7-9-27(10-8-26)22(33)23-13-15-3-5-16(6-4-15)28(29)30/h3-6,11-12,14H,7-10,13H2,1-2H3,(H,23,33). The van der Waals surface area contributed by atoms with Crippen molar-refractivity contribution in [1.82, 2.24) is 20.2 Å². The zero-order valence-corrected chi connectivity index (χ0v) is 19.2. The maximum atomic E-state index is 10.8. The Morgan fingerprint density at radius 1 is 1.09 bits per heavy atom. The predicted molar refractivity (Wildman–Crippen MR) is 129 cm³/mol. The van der Waals surface area contributed by atoms with E-state index in [-0.39, 0.29) is 5.69 Å². The van der Waals surface area contributed by atoms with Crippen molar-refractivity contribution in [3.63, 3.8) is 0 Å². The maximum Gasteiger partial charge on any atom is 0.269 e. The molecule has 1 saturated heterocycles. The minimum Gasteiger partial charge on any atom is -0.493 e. The molecule has 1 N–H and O–H groups in total. The van der Waals surface area contributed by atoms with Gasteiger partial charge >= 0.3 is 0 Å². The Kier molecular flexibility index (Phi) is 6.68. The summed E-state index contributed by atoms with van der Waals surface area (Å²) in [5, 5.41) is 15.6. The zero-order valence-electron chi connectivity index (χ0n) is 18.4. The molecular weight excluding hydrogens is 444 g/mol. The predicted octanol–water partition coefficient (Wildman–Crippen LogP) is 2.75. The number of benzene rings is 2. The van der Waals surface area contributed by atoms with E-state index in [1.54, 1.807) is 32.7 Å². The minimum absolute atomic E-state index is 0.0748. The normalized spacial score (nSPS) is 13.6. The van der Waals surface area contributed by atoms with Gasteiger partial charge in [0.2, 0.25) is 0 Å². The quantitative estimate of drug-likeness (QED) is 0.330. The molecule has 0 aliphatic carbocycles. The first-order chi connectivity index (χ1) is 16.0. The fourth-order valence-electron chi connectivity index (χ4n) is 3.77. The number of nitrogens with one attached hydrogen (secondary N) is 1. The van der Waals surface area contributed by atoms with Crippen LogP contribution in [0.4, 0.5) is 11.5 Å². The van der Waals surface area contributed by atoms with Crippen LogP contribution >= 0.6 is 12.2 Å². The van der Waals surface area contributed by atoms with Gasteiger partial charge in [0.1, 0.15) is 12.1 Å². The van der Waals surface area contributed by atoms with E-state index in [0.717, 1.165) is 48.5 Å². The number of rotatable bonds is 6. The van der Waals surface area contributed by atoms with Crippen LogP contribution in [0.25, 0.3) is 10.9 Å². The van der Waals surface area contributed by atoms with Crippen LogP contribution in [-0.2, 0) is 6.54 Å². The van der Waals surface area contributed by atoms with Gasteiger partial charge in [-0.05, 0) is 23.8 Å². The van der Waals surface area contributed by atoms with E-state index in [1.165, 1.54) is 12.1 Å². The van der Waals surface area contributed by atoms with Crippen molar-refractivity contribution in [2.45, 2.75) is 6.54 Å². The van der Waals surface area contributed by atoms with Gasteiger partial charge in [0.25, 0.3) is 5.69 Å². The molecule has 0 saturated carbocycles. The van der Waals surface area contributed by atoms with Gasteiger partial charge in [-0.2, -0.15) is 0 Å². The molecule has 2 heterocycles. The lowest BCUT2D eigenvalue weighted by Crippen LogP contribution is -2.51. The Bertz CT molecular complexity index is 1170. The number of ether oxygens (including phenoxy) is 2. The molecule has 3 aromatic rings. The van der Waals surface area contributed by atoms with E-state index in [2.05, 4.69) is 25.1 Å². The molecule has 172 valence electrons. The van der Waals surface area contributed by atoms with E-state index in [1.807, 2.05) is 12.1 Å². The Labute approximate surface area is 196 Å². The Balaban J connectivity index is 1.39. The fourth-order valence-corrected chi connectivity index (χ4v) is 4.02. The molecule has 1 aliphatic rings. The van der Waals surface area contributed by atoms with Gasteiger partial charge in [-0.15, -0.1) is 0 Å². The van der Waals surface area contributed by atoms with Gasteiger partial charge in [-0.3, -0.25) is 10.1 Å². The summed E-state index contributed by atoms with van der Waals surface area (Å²) < 4.78 is 10.8. The topological polar surface area (TPSA) is 106 Å². The molecule has 0 unspecified atom stereocenters. The second kappa shape index (κ2) is 9.82. The summed E-state index contributed by atoms with van der Waals surface area (Å²) in [4.78, 5) is 23.6. The van der Waals surface area contributed by atoms with Crippen LogP contribution in [0.2, 0.25) is 0 Å². The number of anilines is 1.